The number of sulfonamides is 1. The Morgan fingerprint density at radius 3 is 2.13 bits per heavy atom. The number of benzene rings is 3. The predicted molar refractivity (Wildman–Crippen MR) is 137 cm³/mol. The van der Waals surface area contributed by atoms with E-state index in [0.717, 1.165) is 16.4 Å². The topological polar surface area (TPSA) is 97.6 Å². The van der Waals surface area contributed by atoms with Crippen molar-refractivity contribution in [1.29, 1.82) is 0 Å². The minimum absolute atomic E-state index is 0.0327. The molecule has 0 aliphatic rings. The molecule has 15 heteroatoms. The minimum atomic E-state index is -9.83. The second kappa shape index (κ2) is 9.20. The van der Waals surface area contributed by atoms with Gasteiger partial charge in [-0.2, -0.15) is 4.31 Å². The number of anilines is 2. The summed E-state index contributed by atoms with van der Waals surface area (Å²) in [6.45, 7) is 1.57. The molecular weight excluding hydrogens is 567 g/mol. The molecule has 1 aromatic heterocycles. The van der Waals surface area contributed by atoms with E-state index in [-0.39, 0.29) is 52.3 Å². The average molecular weight is 591 g/mol. The quantitative estimate of drug-likeness (QED) is 0.205. The maximum absolute atomic E-state index is 13.3. The summed E-state index contributed by atoms with van der Waals surface area (Å²) >= 11 is 0. The van der Waals surface area contributed by atoms with Crippen molar-refractivity contribution in [2.75, 3.05) is 19.5 Å². The molecule has 0 saturated carbocycles. The lowest BCUT2D eigenvalue weighted by atomic mass is 10.1. The molecule has 0 aliphatic carbocycles. The van der Waals surface area contributed by atoms with Crippen LogP contribution in [0.3, 0.4) is 0 Å². The van der Waals surface area contributed by atoms with Gasteiger partial charge >= 0.3 is 10.2 Å². The fraction of sp³-hybridized carbons (Fsp3) is 0.167. The van der Waals surface area contributed by atoms with Crippen LogP contribution >= 0.6 is 10.2 Å². The van der Waals surface area contributed by atoms with E-state index in [2.05, 4.69) is 15.5 Å². The second-order valence-corrected chi connectivity index (χ2v) is 13.0. The maximum atomic E-state index is 13.3. The van der Waals surface area contributed by atoms with Gasteiger partial charge in [-0.05, 0) is 60.2 Å². The largest absolute Gasteiger partial charge is 0.497 e. The molecule has 0 saturated heterocycles. The van der Waals surface area contributed by atoms with E-state index in [0.29, 0.717) is 11.3 Å². The van der Waals surface area contributed by atoms with Crippen LogP contribution in [-0.2, 0) is 16.6 Å². The molecule has 0 bridgehead atoms. The van der Waals surface area contributed by atoms with Crippen LogP contribution in [-0.4, -0.2) is 37.1 Å². The van der Waals surface area contributed by atoms with Crippen molar-refractivity contribution in [3.63, 3.8) is 0 Å². The molecule has 39 heavy (non-hydrogen) atoms. The third kappa shape index (κ3) is 6.49. The van der Waals surface area contributed by atoms with Gasteiger partial charge in [-0.3, -0.25) is 0 Å². The van der Waals surface area contributed by atoms with Gasteiger partial charge in [0, 0.05) is 26.2 Å². The fourth-order valence-corrected chi connectivity index (χ4v) is 5.42. The van der Waals surface area contributed by atoms with Gasteiger partial charge in [-0.15, -0.1) is 10.2 Å². The number of hydrogen-bond acceptors (Lipinski definition) is 7. The van der Waals surface area contributed by atoms with Crippen molar-refractivity contribution in [1.82, 2.24) is 14.5 Å². The van der Waals surface area contributed by atoms with E-state index in [1.165, 1.54) is 39.3 Å². The highest BCUT2D eigenvalue weighted by molar-refractivity contribution is 8.45. The first-order valence-corrected chi connectivity index (χ1v) is 14.5. The van der Waals surface area contributed by atoms with Crippen molar-refractivity contribution in [2.24, 2.45) is 0 Å². The molecule has 0 aliphatic heterocycles. The number of methoxy groups -OCH3 is 1. The highest BCUT2D eigenvalue weighted by atomic mass is 32.5. The van der Waals surface area contributed by atoms with Crippen molar-refractivity contribution < 1.29 is 37.0 Å². The lowest BCUT2D eigenvalue weighted by Gasteiger charge is -2.40. The number of halogens is 5. The van der Waals surface area contributed by atoms with Crippen molar-refractivity contribution in [3.8, 4) is 17.2 Å². The van der Waals surface area contributed by atoms with Gasteiger partial charge < -0.3 is 14.5 Å². The summed E-state index contributed by atoms with van der Waals surface area (Å²) in [5.41, 5.74) is 1.06. The molecule has 1 heterocycles. The molecule has 4 rings (SSSR count). The highest BCUT2D eigenvalue weighted by Crippen LogP contribution is 3.02. The van der Waals surface area contributed by atoms with Crippen LogP contribution in [0.25, 0.3) is 11.5 Å². The second-order valence-electron chi connectivity index (χ2n) is 8.56. The fourth-order valence-electron chi connectivity index (χ4n) is 3.58. The highest BCUT2D eigenvalue weighted by Gasteiger charge is 2.65. The molecule has 0 fully saturated rings. The summed E-state index contributed by atoms with van der Waals surface area (Å²) < 4.78 is 104. The molecule has 0 radical (unpaired) electrons. The lowest BCUT2D eigenvalue weighted by molar-refractivity contribution is 0.364. The van der Waals surface area contributed by atoms with Crippen LogP contribution in [0.4, 0.5) is 30.8 Å². The third-order valence-corrected chi connectivity index (χ3v) is 8.56. The summed E-state index contributed by atoms with van der Waals surface area (Å²) in [6, 6.07) is 13.0. The Labute approximate surface area is 221 Å². The van der Waals surface area contributed by atoms with Gasteiger partial charge in [0.05, 0.1) is 23.3 Å². The van der Waals surface area contributed by atoms with Gasteiger partial charge in [0.1, 0.15) is 10.6 Å². The summed E-state index contributed by atoms with van der Waals surface area (Å²) in [7, 11) is -10.9. The van der Waals surface area contributed by atoms with Crippen LogP contribution < -0.4 is 10.1 Å². The number of aromatic nitrogens is 2. The number of nitrogens with zero attached hydrogens (tertiary/aromatic N) is 3. The Bertz CT molecular complexity index is 1610. The number of rotatable bonds is 9. The predicted octanol–water partition coefficient (Wildman–Crippen LogP) is 7.28. The van der Waals surface area contributed by atoms with E-state index in [9.17, 15) is 27.8 Å². The van der Waals surface area contributed by atoms with E-state index < -0.39 is 25.1 Å². The first-order chi connectivity index (χ1) is 18.0. The Morgan fingerprint density at radius 1 is 0.949 bits per heavy atom. The Balaban J connectivity index is 1.67. The van der Waals surface area contributed by atoms with Gasteiger partial charge in [0.25, 0.3) is 0 Å². The molecule has 210 valence electrons. The summed E-state index contributed by atoms with van der Waals surface area (Å²) in [6.07, 6.45) is 0. The van der Waals surface area contributed by atoms with E-state index in [1.54, 1.807) is 24.3 Å². The Hall–Kier alpha value is -3.69. The molecular formula is C24H23F5N4O4S2. The molecule has 0 unspecified atom stereocenters. The van der Waals surface area contributed by atoms with Crippen molar-refractivity contribution >= 4 is 31.6 Å². The first kappa shape index (κ1) is 28.3. The molecule has 0 atom stereocenters. The first-order valence-electron chi connectivity index (χ1n) is 11.1. The third-order valence-electron chi connectivity index (χ3n) is 5.60. The van der Waals surface area contributed by atoms with Crippen LogP contribution in [0.5, 0.6) is 5.75 Å². The maximum Gasteiger partial charge on any atom is 0.310 e. The Kier molecular flexibility index (Phi) is 6.68. The van der Waals surface area contributed by atoms with E-state index >= 15 is 0 Å². The van der Waals surface area contributed by atoms with Crippen LogP contribution in [0, 0.1) is 6.92 Å². The Morgan fingerprint density at radius 2 is 1.59 bits per heavy atom. The molecule has 1 N–H and O–H groups in total. The summed E-state index contributed by atoms with van der Waals surface area (Å²) in [4.78, 5) is -2.15. The van der Waals surface area contributed by atoms with Crippen LogP contribution in [0.1, 0.15) is 11.5 Å². The summed E-state index contributed by atoms with van der Waals surface area (Å²) in [5.74, 6) is 0.740. The number of hydrogen-bond donors (Lipinski definition) is 1. The van der Waals surface area contributed by atoms with Gasteiger partial charge in [-0.25, -0.2) is 8.42 Å². The molecule has 0 spiro atoms. The molecule has 8 nitrogen and oxygen atoms in total. The zero-order valence-electron chi connectivity index (χ0n) is 20.7. The van der Waals surface area contributed by atoms with Gasteiger partial charge in [-0.1, -0.05) is 31.6 Å². The smallest absolute Gasteiger partial charge is 0.310 e. The van der Waals surface area contributed by atoms with Gasteiger partial charge in [0.15, 0.2) is 0 Å². The van der Waals surface area contributed by atoms with Crippen molar-refractivity contribution in [2.45, 2.75) is 23.3 Å². The average Bonchev–Trinajstić information content (AvgIpc) is 3.29. The van der Waals surface area contributed by atoms with Gasteiger partial charge in [0.2, 0.25) is 21.8 Å². The van der Waals surface area contributed by atoms with E-state index in [4.69, 9.17) is 9.15 Å². The SMILES string of the molecule is COc1ccc(CN(C)S(=O)(=O)c2ccc(Nc3ccc(S(F)(F)(F)(F)F)cc3)c(-c3nnc(C)o3)c2)cc1. The van der Waals surface area contributed by atoms with Crippen molar-refractivity contribution in [3.05, 3.63) is 78.2 Å². The zero-order chi connectivity index (χ0) is 28.7. The monoisotopic (exact) mass is 590 g/mol. The molecule has 3 aromatic carbocycles. The molecule has 0 amide bonds. The number of aryl methyl sites for hydroxylation is 1. The van der Waals surface area contributed by atoms with Crippen LogP contribution in [0.15, 0.2) is 80.9 Å². The molecule has 4 aromatic rings. The summed E-state index contributed by atoms with van der Waals surface area (Å²) in [5, 5.41) is 10.5. The van der Waals surface area contributed by atoms with E-state index in [1.807, 2.05) is 0 Å². The zero-order valence-corrected chi connectivity index (χ0v) is 22.4. The standard InChI is InChI=1S/C24H23F5N4O4S2/c1-16-31-32-24(37-16)22-14-20(38(34,35)33(2)15-17-4-8-19(36-3)9-5-17)10-13-23(22)30-18-6-11-21(12-7-18)39(25,26,27,28)29/h4-14,30H,15H2,1-3H3. The number of ether oxygens (including phenoxy) is 1. The normalized spacial score (nSPS) is 14.1. The van der Waals surface area contributed by atoms with Crippen LogP contribution in [0.2, 0.25) is 0 Å². The minimum Gasteiger partial charge on any atom is -0.497 e. The number of nitrogens with one attached hydrogen (secondary N) is 1. The lowest BCUT2D eigenvalue weighted by Crippen LogP contribution is -2.26.